The SMILES string of the molecule is Cc1cccc(OCCC(=O)Nc2ccc(N3CCNC(=O)C3)c(Cl)c2)c1. The molecule has 3 rings (SSSR count). The van der Waals surface area contributed by atoms with E-state index in [9.17, 15) is 9.59 Å². The van der Waals surface area contributed by atoms with E-state index < -0.39 is 0 Å². The number of aryl methyl sites for hydroxylation is 1. The fourth-order valence-electron chi connectivity index (χ4n) is 2.88. The predicted octanol–water partition coefficient (Wildman–Crippen LogP) is 2.99. The van der Waals surface area contributed by atoms with E-state index in [1.807, 2.05) is 42.2 Å². The first kappa shape index (κ1) is 19.0. The summed E-state index contributed by atoms with van der Waals surface area (Å²) >= 11 is 6.34. The number of carbonyl (C=O) groups is 2. The maximum atomic E-state index is 12.1. The third kappa shape index (κ3) is 5.37. The number of hydrogen-bond donors (Lipinski definition) is 2. The molecule has 1 fully saturated rings. The fourth-order valence-corrected chi connectivity index (χ4v) is 3.18. The van der Waals surface area contributed by atoms with Gasteiger partial charge in [0.05, 0.1) is 30.3 Å². The Morgan fingerprint density at radius 1 is 1.30 bits per heavy atom. The Morgan fingerprint density at radius 2 is 2.15 bits per heavy atom. The van der Waals surface area contributed by atoms with Crippen molar-refractivity contribution in [3.05, 3.63) is 53.1 Å². The molecule has 2 amide bonds. The molecular weight excluding hydrogens is 366 g/mol. The molecule has 0 aromatic heterocycles. The third-order valence-corrected chi connectivity index (χ3v) is 4.50. The highest BCUT2D eigenvalue weighted by Gasteiger charge is 2.18. The number of ether oxygens (including phenoxy) is 1. The predicted molar refractivity (Wildman–Crippen MR) is 107 cm³/mol. The summed E-state index contributed by atoms with van der Waals surface area (Å²) in [6.45, 7) is 3.86. The molecule has 2 aromatic carbocycles. The van der Waals surface area contributed by atoms with Crippen molar-refractivity contribution < 1.29 is 14.3 Å². The molecule has 0 spiro atoms. The molecule has 0 saturated carbocycles. The van der Waals surface area contributed by atoms with Gasteiger partial charge in [-0.1, -0.05) is 23.7 Å². The second-order valence-corrected chi connectivity index (χ2v) is 6.81. The lowest BCUT2D eigenvalue weighted by Gasteiger charge is -2.29. The van der Waals surface area contributed by atoms with Crippen LogP contribution in [0.4, 0.5) is 11.4 Å². The maximum absolute atomic E-state index is 12.1. The number of nitrogens with one attached hydrogen (secondary N) is 2. The minimum Gasteiger partial charge on any atom is -0.493 e. The molecule has 1 aliphatic heterocycles. The summed E-state index contributed by atoms with van der Waals surface area (Å²) in [5.41, 5.74) is 2.51. The summed E-state index contributed by atoms with van der Waals surface area (Å²) in [6, 6.07) is 13.0. The molecule has 0 atom stereocenters. The number of amides is 2. The van der Waals surface area contributed by atoms with Gasteiger partial charge in [-0.3, -0.25) is 9.59 Å². The van der Waals surface area contributed by atoms with E-state index in [2.05, 4.69) is 10.6 Å². The second-order valence-electron chi connectivity index (χ2n) is 6.40. The van der Waals surface area contributed by atoms with Crippen molar-refractivity contribution in [2.75, 3.05) is 36.5 Å². The van der Waals surface area contributed by atoms with Crippen molar-refractivity contribution in [2.45, 2.75) is 13.3 Å². The summed E-state index contributed by atoms with van der Waals surface area (Å²) in [5, 5.41) is 6.10. The van der Waals surface area contributed by atoms with Gasteiger partial charge in [0.1, 0.15) is 5.75 Å². The molecule has 0 bridgehead atoms. The van der Waals surface area contributed by atoms with E-state index >= 15 is 0 Å². The minimum absolute atomic E-state index is 0.0247. The molecule has 27 heavy (non-hydrogen) atoms. The van der Waals surface area contributed by atoms with E-state index in [4.69, 9.17) is 16.3 Å². The molecule has 1 saturated heterocycles. The van der Waals surface area contributed by atoms with Gasteiger partial charge in [0, 0.05) is 18.8 Å². The Labute approximate surface area is 163 Å². The van der Waals surface area contributed by atoms with Gasteiger partial charge in [-0.05, 0) is 42.8 Å². The average molecular weight is 388 g/mol. The zero-order chi connectivity index (χ0) is 19.2. The van der Waals surface area contributed by atoms with Gasteiger partial charge in [0.25, 0.3) is 0 Å². The highest BCUT2D eigenvalue weighted by molar-refractivity contribution is 6.33. The summed E-state index contributed by atoms with van der Waals surface area (Å²) in [7, 11) is 0. The highest BCUT2D eigenvalue weighted by atomic mass is 35.5. The van der Waals surface area contributed by atoms with Crippen molar-refractivity contribution in [1.29, 1.82) is 0 Å². The van der Waals surface area contributed by atoms with E-state index in [0.29, 0.717) is 30.4 Å². The molecule has 0 radical (unpaired) electrons. The van der Waals surface area contributed by atoms with Gasteiger partial charge < -0.3 is 20.3 Å². The lowest BCUT2D eigenvalue weighted by atomic mass is 10.2. The zero-order valence-corrected chi connectivity index (χ0v) is 15.9. The van der Waals surface area contributed by atoms with Gasteiger partial charge >= 0.3 is 0 Å². The largest absolute Gasteiger partial charge is 0.493 e. The van der Waals surface area contributed by atoms with Gasteiger partial charge in [0.2, 0.25) is 11.8 Å². The highest BCUT2D eigenvalue weighted by Crippen LogP contribution is 2.29. The van der Waals surface area contributed by atoms with Crippen molar-refractivity contribution in [3.63, 3.8) is 0 Å². The van der Waals surface area contributed by atoms with Gasteiger partial charge in [-0.15, -0.1) is 0 Å². The molecule has 6 nitrogen and oxygen atoms in total. The average Bonchev–Trinajstić information content (AvgIpc) is 2.62. The molecule has 2 aromatic rings. The molecule has 1 aliphatic rings. The standard InChI is InChI=1S/C20H22ClN3O3/c1-14-3-2-4-16(11-14)27-10-7-19(25)23-15-5-6-18(17(21)12-15)24-9-8-22-20(26)13-24/h2-6,11-12H,7-10,13H2,1H3,(H,22,26)(H,23,25). The Morgan fingerprint density at radius 3 is 2.89 bits per heavy atom. The van der Waals surface area contributed by atoms with Crippen molar-refractivity contribution in [3.8, 4) is 5.75 Å². The molecule has 1 heterocycles. The van der Waals surface area contributed by atoms with Crippen molar-refractivity contribution in [2.24, 2.45) is 0 Å². The molecular formula is C20H22ClN3O3. The van der Waals surface area contributed by atoms with Crippen molar-refractivity contribution >= 4 is 34.8 Å². The van der Waals surface area contributed by atoms with Crippen LogP contribution < -0.4 is 20.3 Å². The van der Waals surface area contributed by atoms with E-state index in [-0.39, 0.29) is 24.8 Å². The number of hydrogen-bond acceptors (Lipinski definition) is 4. The van der Waals surface area contributed by atoms with Crippen LogP contribution >= 0.6 is 11.6 Å². The van der Waals surface area contributed by atoms with Crippen LogP contribution in [0.3, 0.4) is 0 Å². The first-order chi connectivity index (χ1) is 13.0. The Kier molecular flexibility index (Phi) is 6.19. The Hall–Kier alpha value is -2.73. The van der Waals surface area contributed by atoms with Gasteiger partial charge in [0.15, 0.2) is 0 Å². The van der Waals surface area contributed by atoms with Crippen LogP contribution in [-0.4, -0.2) is 38.1 Å². The quantitative estimate of drug-likeness (QED) is 0.799. The summed E-state index contributed by atoms with van der Waals surface area (Å²) in [4.78, 5) is 25.6. The van der Waals surface area contributed by atoms with Crippen LogP contribution in [0.15, 0.2) is 42.5 Å². The van der Waals surface area contributed by atoms with Gasteiger partial charge in [-0.2, -0.15) is 0 Å². The number of carbonyl (C=O) groups excluding carboxylic acids is 2. The molecule has 0 unspecified atom stereocenters. The molecule has 7 heteroatoms. The maximum Gasteiger partial charge on any atom is 0.239 e. The number of rotatable bonds is 6. The lowest BCUT2D eigenvalue weighted by Crippen LogP contribution is -2.47. The first-order valence-electron chi connectivity index (χ1n) is 8.82. The third-order valence-electron chi connectivity index (χ3n) is 4.20. The number of benzene rings is 2. The van der Waals surface area contributed by atoms with Crippen LogP contribution in [0.25, 0.3) is 0 Å². The van der Waals surface area contributed by atoms with Crippen LogP contribution in [0.1, 0.15) is 12.0 Å². The molecule has 142 valence electrons. The molecule has 0 aliphatic carbocycles. The topological polar surface area (TPSA) is 70.7 Å². The summed E-state index contributed by atoms with van der Waals surface area (Å²) < 4.78 is 5.60. The van der Waals surface area contributed by atoms with E-state index in [1.165, 1.54) is 0 Å². The second kappa shape index (κ2) is 8.77. The summed E-state index contributed by atoms with van der Waals surface area (Å²) in [5.74, 6) is 0.577. The molecule has 2 N–H and O–H groups in total. The summed E-state index contributed by atoms with van der Waals surface area (Å²) in [6.07, 6.45) is 0.236. The number of nitrogens with zero attached hydrogens (tertiary/aromatic N) is 1. The van der Waals surface area contributed by atoms with E-state index in [1.54, 1.807) is 12.1 Å². The normalized spacial score (nSPS) is 13.9. The number of halogens is 1. The van der Waals surface area contributed by atoms with Crippen LogP contribution in [0, 0.1) is 6.92 Å². The van der Waals surface area contributed by atoms with E-state index in [0.717, 1.165) is 17.0 Å². The van der Waals surface area contributed by atoms with Crippen LogP contribution in [0.5, 0.6) is 5.75 Å². The zero-order valence-electron chi connectivity index (χ0n) is 15.1. The lowest BCUT2D eigenvalue weighted by molar-refractivity contribution is -0.120. The fraction of sp³-hybridized carbons (Fsp3) is 0.300. The minimum atomic E-state index is -0.149. The van der Waals surface area contributed by atoms with Crippen molar-refractivity contribution in [1.82, 2.24) is 5.32 Å². The Balaban J connectivity index is 1.52. The smallest absolute Gasteiger partial charge is 0.239 e. The van der Waals surface area contributed by atoms with Crippen LogP contribution in [0.2, 0.25) is 5.02 Å². The Bertz CT molecular complexity index is 841. The van der Waals surface area contributed by atoms with Crippen LogP contribution in [-0.2, 0) is 9.59 Å². The number of anilines is 2. The van der Waals surface area contributed by atoms with Gasteiger partial charge in [-0.25, -0.2) is 0 Å². The number of piperazine rings is 1. The first-order valence-corrected chi connectivity index (χ1v) is 9.19. The monoisotopic (exact) mass is 387 g/mol.